The first-order valence-corrected chi connectivity index (χ1v) is 7.48. The number of carbonyl (C=O) groups excluding carboxylic acids is 1. The minimum Gasteiger partial charge on any atom is -0.330 e. The van der Waals surface area contributed by atoms with Crippen molar-refractivity contribution in [2.45, 2.75) is 12.5 Å². The molecule has 2 aromatic carbocycles. The molecule has 0 aromatic heterocycles. The molecule has 3 rings (SSSR count). The standard InChI is InChI=1S/C18H20N2O/c21-18(16-9-5-2-6-10-16)20-14-13-19-12-11-17(20)15-7-3-1-4-8-15/h1-10,17,19H,11-14H2. The highest BCUT2D eigenvalue weighted by molar-refractivity contribution is 5.94. The van der Waals surface area contributed by atoms with E-state index in [1.54, 1.807) is 0 Å². The molecular formula is C18H20N2O. The van der Waals surface area contributed by atoms with Gasteiger partial charge < -0.3 is 10.2 Å². The molecule has 1 atom stereocenters. The van der Waals surface area contributed by atoms with Crippen LogP contribution in [0.1, 0.15) is 28.4 Å². The van der Waals surface area contributed by atoms with E-state index in [9.17, 15) is 4.79 Å². The van der Waals surface area contributed by atoms with Crippen LogP contribution in [0.2, 0.25) is 0 Å². The molecule has 1 N–H and O–H groups in total. The van der Waals surface area contributed by atoms with Crippen LogP contribution in [0.15, 0.2) is 60.7 Å². The monoisotopic (exact) mass is 280 g/mol. The highest BCUT2D eigenvalue weighted by atomic mass is 16.2. The van der Waals surface area contributed by atoms with Crippen LogP contribution in [-0.2, 0) is 0 Å². The number of nitrogens with one attached hydrogen (secondary N) is 1. The lowest BCUT2D eigenvalue weighted by Gasteiger charge is -2.30. The Morgan fingerprint density at radius 1 is 0.952 bits per heavy atom. The predicted octanol–water partition coefficient (Wildman–Crippen LogP) is 2.86. The van der Waals surface area contributed by atoms with Gasteiger partial charge in [-0.25, -0.2) is 0 Å². The van der Waals surface area contributed by atoms with E-state index < -0.39 is 0 Å². The zero-order valence-corrected chi connectivity index (χ0v) is 12.0. The van der Waals surface area contributed by atoms with Crippen molar-refractivity contribution in [2.75, 3.05) is 19.6 Å². The summed E-state index contributed by atoms with van der Waals surface area (Å²) in [6.07, 6.45) is 0.947. The first-order valence-electron chi connectivity index (χ1n) is 7.48. The van der Waals surface area contributed by atoms with Crippen molar-refractivity contribution in [3.63, 3.8) is 0 Å². The van der Waals surface area contributed by atoms with Gasteiger partial charge in [0.25, 0.3) is 5.91 Å². The second kappa shape index (κ2) is 6.55. The van der Waals surface area contributed by atoms with Gasteiger partial charge in [-0.1, -0.05) is 48.5 Å². The summed E-state index contributed by atoms with van der Waals surface area (Å²) in [6.45, 7) is 2.54. The average Bonchev–Trinajstić information content (AvgIpc) is 2.81. The third-order valence-electron chi connectivity index (χ3n) is 3.97. The number of carbonyl (C=O) groups is 1. The number of hydrogen-bond acceptors (Lipinski definition) is 2. The highest BCUT2D eigenvalue weighted by Crippen LogP contribution is 2.26. The van der Waals surface area contributed by atoms with E-state index in [4.69, 9.17) is 0 Å². The fourth-order valence-corrected chi connectivity index (χ4v) is 2.89. The second-order valence-corrected chi connectivity index (χ2v) is 5.33. The number of amides is 1. The van der Waals surface area contributed by atoms with Crippen molar-refractivity contribution in [3.05, 3.63) is 71.8 Å². The van der Waals surface area contributed by atoms with Gasteiger partial charge in [0.15, 0.2) is 0 Å². The minimum absolute atomic E-state index is 0.119. The third-order valence-corrected chi connectivity index (χ3v) is 3.97. The van der Waals surface area contributed by atoms with Crippen molar-refractivity contribution in [2.24, 2.45) is 0 Å². The smallest absolute Gasteiger partial charge is 0.254 e. The van der Waals surface area contributed by atoms with Gasteiger partial charge in [0.1, 0.15) is 0 Å². The quantitative estimate of drug-likeness (QED) is 0.917. The number of rotatable bonds is 2. The van der Waals surface area contributed by atoms with E-state index in [2.05, 4.69) is 17.4 Å². The fraction of sp³-hybridized carbons (Fsp3) is 0.278. The maximum atomic E-state index is 12.8. The molecule has 0 saturated carbocycles. The number of hydrogen-bond donors (Lipinski definition) is 1. The Kier molecular flexibility index (Phi) is 4.31. The summed E-state index contributed by atoms with van der Waals surface area (Å²) in [5.41, 5.74) is 1.98. The minimum atomic E-state index is 0.119. The van der Waals surface area contributed by atoms with Gasteiger partial charge in [0, 0.05) is 18.7 Å². The Bertz CT molecular complexity index is 583. The molecule has 3 nitrogen and oxygen atoms in total. The lowest BCUT2D eigenvalue weighted by atomic mass is 10.0. The fourth-order valence-electron chi connectivity index (χ4n) is 2.89. The molecule has 1 heterocycles. The van der Waals surface area contributed by atoms with Crippen LogP contribution < -0.4 is 5.32 Å². The summed E-state index contributed by atoms with van der Waals surface area (Å²) in [5.74, 6) is 0.119. The summed E-state index contributed by atoms with van der Waals surface area (Å²) >= 11 is 0. The van der Waals surface area contributed by atoms with Crippen LogP contribution >= 0.6 is 0 Å². The first kappa shape index (κ1) is 13.8. The van der Waals surface area contributed by atoms with Crippen molar-refractivity contribution >= 4 is 5.91 Å². The van der Waals surface area contributed by atoms with E-state index in [0.29, 0.717) is 0 Å². The maximum Gasteiger partial charge on any atom is 0.254 e. The molecule has 0 bridgehead atoms. The third kappa shape index (κ3) is 3.14. The van der Waals surface area contributed by atoms with E-state index in [-0.39, 0.29) is 11.9 Å². The van der Waals surface area contributed by atoms with Gasteiger partial charge in [-0.05, 0) is 30.7 Å². The molecule has 1 unspecified atom stereocenters. The van der Waals surface area contributed by atoms with Crippen LogP contribution in [0.5, 0.6) is 0 Å². The number of nitrogens with zero attached hydrogens (tertiary/aromatic N) is 1. The Hall–Kier alpha value is -2.13. The topological polar surface area (TPSA) is 32.3 Å². The van der Waals surface area contributed by atoms with Gasteiger partial charge in [-0.3, -0.25) is 4.79 Å². The molecule has 0 spiro atoms. The van der Waals surface area contributed by atoms with E-state index >= 15 is 0 Å². The molecule has 108 valence electrons. The SMILES string of the molecule is O=C(c1ccccc1)N1CCNCCC1c1ccccc1. The zero-order chi connectivity index (χ0) is 14.5. The van der Waals surface area contributed by atoms with Crippen LogP contribution in [0.4, 0.5) is 0 Å². The zero-order valence-electron chi connectivity index (χ0n) is 12.0. The summed E-state index contributed by atoms with van der Waals surface area (Å²) in [7, 11) is 0. The molecule has 0 radical (unpaired) electrons. The summed E-state index contributed by atoms with van der Waals surface area (Å²) < 4.78 is 0. The van der Waals surface area contributed by atoms with Gasteiger partial charge in [0.2, 0.25) is 0 Å². The largest absolute Gasteiger partial charge is 0.330 e. The van der Waals surface area contributed by atoms with E-state index in [1.165, 1.54) is 5.56 Å². The molecule has 21 heavy (non-hydrogen) atoms. The summed E-state index contributed by atoms with van der Waals surface area (Å²) in [6, 6.07) is 20.0. The number of benzene rings is 2. The second-order valence-electron chi connectivity index (χ2n) is 5.33. The molecule has 0 aliphatic carbocycles. The molecule has 1 fully saturated rings. The van der Waals surface area contributed by atoms with Crippen molar-refractivity contribution in [3.8, 4) is 0 Å². The Balaban J connectivity index is 1.91. The predicted molar refractivity (Wildman–Crippen MR) is 84.1 cm³/mol. The van der Waals surface area contributed by atoms with Crippen LogP contribution in [0, 0.1) is 0 Å². The van der Waals surface area contributed by atoms with Crippen molar-refractivity contribution in [1.29, 1.82) is 0 Å². The summed E-state index contributed by atoms with van der Waals surface area (Å²) in [4.78, 5) is 14.8. The first-order chi connectivity index (χ1) is 10.4. The van der Waals surface area contributed by atoms with Gasteiger partial charge in [-0.15, -0.1) is 0 Å². The van der Waals surface area contributed by atoms with E-state index in [0.717, 1.165) is 31.6 Å². The molecular weight excluding hydrogens is 260 g/mol. The van der Waals surface area contributed by atoms with Crippen molar-refractivity contribution < 1.29 is 4.79 Å². The Labute approximate surface area is 125 Å². The summed E-state index contributed by atoms with van der Waals surface area (Å²) in [5, 5.41) is 3.39. The molecule has 1 saturated heterocycles. The van der Waals surface area contributed by atoms with E-state index in [1.807, 2.05) is 53.4 Å². The van der Waals surface area contributed by atoms with Crippen molar-refractivity contribution in [1.82, 2.24) is 10.2 Å². The van der Waals surface area contributed by atoms with Crippen LogP contribution in [0.3, 0.4) is 0 Å². The molecule has 2 aromatic rings. The van der Waals surface area contributed by atoms with Gasteiger partial charge in [0.05, 0.1) is 6.04 Å². The average molecular weight is 280 g/mol. The van der Waals surface area contributed by atoms with Gasteiger partial charge >= 0.3 is 0 Å². The lowest BCUT2D eigenvalue weighted by molar-refractivity contribution is 0.0688. The Morgan fingerprint density at radius 3 is 2.33 bits per heavy atom. The highest BCUT2D eigenvalue weighted by Gasteiger charge is 2.27. The Morgan fingerprint density at radius 2 is 1.62 bits per heavy atom. The molecule has 1 aliphatic heterocycles. The normalized spacial score (nSPS) is 19.0. The maximum absolute atomic E-state index is 12.8. The van der Waals surface area contributed by atoms with Crippen LogP contribution in [-0.4, -0.2) is 30.4 Å². The van der Waals surface area contributed by atoms with Gasteiger partial charge in [-0.2, -0.15) is 0 Å². The molecule has 1 aliphatic rings. The van der Waals surface area contributed by atoms with Crippen LogP contribution in [0.25, 0.3) is 0 Å². The molecule has 1 amide bonds. The lowest BCUT2D eigenvalue weighted by Crippen LogP contribution is -2.36. The molecule has 3 heteroatoms.